The van der Waals surface area contributed by atoms with E-state index in [1.807, 2.05) is 66.1 Å². The standard InChI is InChI=1S/C26H20N6OS2/c1-2-32-24(30-31-26(32)35-16-23(33)29-25-18(15-27)12-13-34-25)20-14-22(17-8-4-3-5-9-17)28-21-11-7-6-10-19(20)21/h3-14H,2,16H2,1H3,(H,29,33). The van der Waals surface area contributed by atoms with Crippen LogP contribution in [0.3, 0.4) is 0 Å². The molecule has 0 aliphatic heterocycles. The number of nitrogens with zero attached hydrogens (tertiary/aromatic N) is 5. The quantitative estimate of drug-likeness (QED) is 0.284. The Morgan fingerprint density at radius 2 is 1.91 bits per heavy atom. The van der Waals surface area contributed by atoms with Crippen LogP contribution < -0.4 is 5.32 Å². The second kappa shape index (κ2) is 10.1. The van der Waals surface area contributed by atoms with Crippen LogP contribution in [0.4, 0.5) is 5.00 Å². The SMILES string of the molecule is CCn1c(SCC(=O)Nc2sccc2C#N)nnc1-c1cc(-c2ccccc2)nc2ccccc12. The van der Waals surface area contributed by atoms with E-state index in [4.69, 9.17) is 10.2 Å². The summed E-state index contributed by atoms with van der Waals surface area (Å²) in [5, 5.41) is 24.9. The van der Waals surface area contributed by atoms with Crippen LogP contribution in [0.15, 0.2) is 77.3 Å². The number of hydrogen-bond donors (Lipinski definition) is 1. The number of pyridine rings is 1. The maximum atomic E-state index is 12.5. The lowest BCUT2D eigenvalue weighted by molar-refractivity contribution is -0.113. The van der Waals surface area contributed by atoms with Gasteiger partial charge in [-0.05, 0) is 30.5 Å². The number of rotatable bonds is 7. The summed E-state index contributed by atoms with van der Waals surface area (Å²) in [6, 6.07) is 23.9. The summed E-state index contributed by atoms with van der Waals surface area (Å²) in [5.41, 5.74) is 4.18. The number of para-hydroxylation sites is 1. The fourth-order valence-electron chi connectivity index (χ4n) is 3.78. The van der Waals surface area contributed by atoms with Crippen molar-refractivity contribution >= 4 is 44.9 Å². The molecule has 0 aliphatic rings. The molecule has 0 unspecified atom stereocenters. The summed E-state index contributed by atoms with van der Waals surface area (Å²) < 4.78 is 2.01. The number of anilines is 1. The summed E-state index contributed by atoms with van der Waals surface area (Å²) in [4.78, 5) is 17.4. The van der Waals surface area contributed by atoms with Crippen LogP contribution in [0, 0.1) is 11.3 Å². The highest BCUT2D eigenvalue weighted by Crippen LogP contribution is 2.33. The smallest absolute Gasteiger partial charge is 0.235 e. The number of fused-ring (bicyclic) bond motifs is 1. The first-order valence-electron chi connectivity index (χ1n) is 11.0. The molecule has 0 saturated heterocycles. The number of thioether (sulfide) groups is 1. The first-order chi connectivity index (χ1) is 17.2. The van der Waals surface area contributed by atoms with Gasteiger partial charge in [-0.15, -0.1) is 21.5 Å². The van der Waals surface area contributed by atoms with Gasteiger partial charge in [-0.1, -0.05) is 60.3 Å². The number of hydrogen-bond acceptors (Lipinski definition) is 7. The van der Waals surface area contributed by atoms with Crippen molar-refractivity contribution in [1.82, 2.24) is 19.7 Å². The van der Waals surface area contributed by atoms with Gasteiger partial charge in [0.2, 0.25) is 5.91 Å². The Morgan fingerprint density at radius 1 is 1.11 bits per heavy atom. The Hall–Kier alpha value is -4.00. The molecule has 1 amide bonds. The highest BCUT2D eigenvalue weighted by molar-refractivity contribution is 7.99. The lowest BCUT2D eigenvalue weighted by Gasteiger charge is -2.12. The van der Waals surface area contributed by atoms with E-state index in [-0.39, 0.29) is 11.7 Å². The van der Waals surface area contributed by atoms with E-state index in [0.29, 0.717) is 22.3 Å². The Morgan fingerprint density at radius 3 is 2.71 bits per heavy atom. The molecular weight excluding hydrogens is 476 g/mol. The molecule has 3 aromatic heterocycles. The van der Waals surface area contributed by atoms with E-state index in [1.54, 1.807) is 11.4 Å². The molecule has 9 heteroatoms. The second-order valence-corrected chi connectivity index (χ2v) is 9.46. The van der Waals surface area contributed by atoms with Crippen molar-refractivity contribution in [1.29, 1.82) is 5.26 Å². The maximum Gasteiger partial charge on any atom is 0.235 e. The van der Waals surface area contributed by atoms with Crippen molar-refractivity contribution < 1.29 is 4.79 Å². The highest BCUT2D eigenvalue weighted by Gasteiger charge is 2.19. The molecule has 3 heterocycles. The molecule has 0 radical (unpaired) electrons. The van der Waals surface area contributed by atoms with Gasteiger partial charge in [-0.3, -0.25) is 4.79 Å². The van der Waals surface area contributed by atoms with Gasteiger partial charge in [-0.2, -0.15) is 5.26 Å². The minimum Gasteiger partial charge on any atom is -0.316 e. The minimum atomic E-state index is -0.193. The largest absolute Gasteiger partial charge is 0.316 e. The molecule has 0 atom stereocenters. The van der Waals surface area contributed by atoms with Crippen LogP contribution in [0.1, 0.15) is 12.5 Å². The van der Waals surface area contributed by atoms with Crippen molar-refractivity contribution in [3.8, 4) is 28.7 Å². The first-order valence-corrected chi connectivity index (χ1v) is 12.8. The molecule has 0 saturated carbocycles. The zero-order valence-corrected chi connectivity index (χ0v) is 20.4. The van der Waals surface area contributed by atoms with Crippen molar-refractivity contribution in [2.45, 2.75) is 18.6 Å². The fraction of sp³-hybridized carbons (Fsp3) is 0.115. The minimum absolute atomic E-state index is 0.160. The molecule has 0 fully saturated rings. The van der Waals surface area contributed by atoms with E-state index in [1.165, 1.54) is 23.1 Å². The Balaban J connectivity index is 1.46. The van der Waals surface area contributed by atoms with E-state index in [2.05, 4.69) is 27.6 Å². The first kappa shape index (κ1) is 22.8. The van der Waals surface area contributed by atoms with Gasteiger partial charge in [0.05, 0.1) is 22.5 Å². The van der Waals surface area contributed by atoms with Crippen LogP contribution in [-0.4, -0.2) is 31.4 Å². The van der Waals surface area contributed by atoms with Gasteiger partial charge in [0, 0.05) is 23.1 Å². The molecule has 7 nitrogen and oxygen atoms in total. The summed E-state index contributed by atoms with van der Waals surface area (Å²) in [6.07, 6.45) is 0. The summed E-state index contributed by atoms with van der Waals surface area (Å²) >= 11 is 2.65. The molecule has 0 aliphatic carbocycles. The number of benzene rings is 2. The number of nitrogens with one attached hydrogen (secondary N) is 1. The van der Waals surface area contributed by atoms with Crippen LogP contribution >= 0.6 is 23.1 Å². The molecule has 2 aromatic carbocycles. The average Bonchev–Trinajstić information content (AvgIpc) is 3.53. The lowest BCUT2D eigenvalue weighted by Crippen LogP contribution is -2.14. The van der Waals surface area contributed by atoms with Crippen molar-refractivity contribution in [2.24, 2.45) is 0 Å². The second-order valence-electron chi connectivity index (χ2n) is 7.60. The van der Waals surface area contributed by atoms with Gasteiger partial charge < -0.3 is 9.88 Å². The molecule has 172 valence electrons. The van der Waals surface area contributed by atoms with Gasteiger partial charge in [0.1, 0.15) is 11.1 Å². The number of aromatic nitrogens is 4. The number of thiophene rings is 1. The van der Waals surface area contributed by atoms with Crippen molar-refractivity contribution in [3.05, 3.63) is 77.7 Å². The van der Waals surface area contributed by atoms with E-state index in [9.17, 15) is 4.79 Å². The van der Waals surface area contributed by atoms with Crippen molar-refractivity contribution in [3.63, 3.8) is 0 Å². The topological polar surface area (TPSA) is 96.5 Å². The molecule has 1 N–H and O–H groups in total. The predicted octanol–water partition coefficient (Wildman–Crippen LogP) is 5.84. The lowest BCUT2D eigenvalue weighted by atomic mass is 10.0. The Labute approximate surface area is 210 Å². The summed E-state index contributed by atoms with van der Waals surface area (Å²) in [7, 11) is 0. The van der Waals surface area contributed by atoms with E-state index in [0.717, 1.165) is 33.5 Å². The molecular formula is C26H20N6OS2. The Kier molecular flexibility index (Phi) is 6.57. The van der Waals surface area contributed by atoms with E-state index < -0.39 is 0 Å². The van der Waals surface area contributed by atoms with Crippen molar-refractivity contribution in [2.75, 3.05) is 11.1 Å². The van der Waals surface area contributed by atoms with Gasteiger partial charge in [0.15, 0.2) is 11.0 Å². The van der Waals surface area contributed by atoms with Crippen LogP contribution in [-0.2, 0) is 11.3 Å². The fourth-order valence-corrected chi connectivity index (χ4v) is 5.34. The average molecular weight is 497 g/mol. The zero-order valence-electron chi connectivity index (χ0n) is 18.8. The maximum absolute atomic E-state index is 12.5. The van der Waals surface area contributed by atoms with Crippen LogP contribution in [0.5, 0.6) is 0 Å². The van der Waals surface area contributed by atoms with Gasteiger partial charge in [-0.25, -0.2) is 4.98 Å². The Bertz CT molecular complexity index is 1550. The third-order valence-electron chi connectivity index (χ3n) is 5.43. The number of carbonyl (C=O) groups excluding carboxylic acids is 1. The van der Waals surface area contributed by atoms with Gasteiger partial charge in [0.25, 0.3) is 0 Å². The number of nitriles is 1. The molecule has 0 bridgehead atoms. The third kappa shape index (κ3) is 4.67. The summed E-state index contributed by atoms with van der Waals surface area (Å²) in [6.45, 7) is 2.68. The van der Waals surface area contributed by atoms with Crippen LogP contribution in [0.2, 0.25) is 0 Å². The van der Waals surface area contributed by atoms with E-state index >= 15 is 0 Å². The third-order valence-corrected chi connectivity index (χ3v) is 7.23. The zero-order chi connectivity index (χ0) is 24.2. The highest BCUT2D eigenvalue weighted by atomic mass is 32.2. The monoisotopic (exact) mass is 496 g/mol. The van der Waals surface area contributed by atoms with Crippen LogP contribution in [0.25, 0.3) is 33.5 Å². The number of amides is 1. The number of carbonyl (C=O) groups is 1. The molecule has 5 aromatic rings. The predicted molar refractivity (Wildman–Crippen MR) is 140 cm³/mol. The molecule has 0 spiro atoms. The summed E-state index contributed by atoms with van der Waals surface area (Å²) in [5.74, 6) is 0.700. The molecule has 5 rings (SSSR count). The molecule has 35 heavy (non-hydrogen) atoms. The van der Waals surface area contributed by atoms with Gasteiger partial charge >= 0.3 is 0 Å². The normalized spacial score (nSPS) is 10.9.